The molecule has 17 heteroatoms. The van der Waals surface area contributed by atoms with Gasteiger partial charge in [0.15, 0.2) is 17.5 Å². The smallest absolute Gasteiger partial charge is 0.410 e. The van der Waals surface area contributed by atoms with E-state index in [1.54, 1.807) is 46.2 Å². The molecule has 1 N–H and O–H groups in total. The molecule has 4 rings (SSSR count). The fourth-order valence-corrected chi connectivity index (χ4v) is 5.97. The van der Waals surface area contributed by atoms with Crippen molar-refractivity contribution < 1.29 is 55.6 Å². The third-order valence-electron chi connectivity index (χ3n) is 7.28. The molecule has 0 saturated heterocycles. The molecule has 286 valence electrons. The summed E-state index contributed by atoms with van der Waals surface area (Å²) in [5.74, 6) is -6.37. The molecule has 12 nitrogen and oxygen atoms in total. The molecular formula is C36H40F4N4O8S. The van der Waals surface area contributed by atoms with Crippen molar-refractivity contribution in [2.24, 2.45) is 5.92 Å². The molecule has 0 aliphatic heterocycles. The van der Waals surface area contributed by atoms with E-state index in [-0.39, 0.29) is 36.9 Å². The highest BCUT2D eigenvalue weighted by molar-refractivity contribution is 7.22. The number of pyridine rings is 2. The molecule has 0 aliphatic rings. The molecule has 1 atom stereocenters. The number of fused-ring (bicyclic) bond motifs is 1. The summed E-state index contributed by atoms with van der Waals surface area (Å²) < 4.78 is 84.3. The van der Waals surface area contributed by atoms with E-state index in [0.717, 1.165) is 28.6 Å². The zero-order valence-corrected chi connectivity index (χ0v) is 30.7. The second-order valence-electron chi connectivity index (χ2n) is 12.5. The van der Waals surface area contributed by atoms with Gasteiger partial charge in [0.05, 0.1) is 47.2 Å². The van der Waals surface area contributed by atoms with Gasteiger partial charge in [0, 0.05) is 43.9 Å². The van der Waals surface area contributed by atoms with Gasteiger partial charge in [0.2, 0.25) is 0 Å². The van der Waals surface area contributed by atoms with Gasteiger partial charge in [-0.25, -0.2) is 9.18 Å². The quantitative estimate of drug-likeness (QED) is 0.0550. The van der Waals surface area contributed by atoms with Crippen molar-refractivity contribution in [2.45, 2.75) is 59.0 Å². The maximum absolute atomic E-state index is 15.3. The first-order valence-corrected chi connectivity index (χ1v) is 17.3. The summed E-state index contributed by atoms with van der Waals surface area (Å²) in [5.41, 5.74) is 0.841. The average molecular weight is 765 g/mol. The number of hydrogen-bond acceptors (Lipinski definition) is 12. The Hall–Kier alpha value is -5.03. The van der Waals surface area contributed by atoms with Gasteiger partial charge >= 0.3 is 24.2 Å². The van der Waals surface area contributed by atoms with E-state index < -0.39 is 47.6 Å². The number of carbonyl (C=O) groups is 3. The minimum Gasteiger partial charge on any atom is -0.465 e. The predicted octanol–water partition coefficient (Wildman–Crippen LogP) is 7.76. The lowest BCUT2D eigenvalue weighted by molar-refractivity contribution is -0.184. The van der Waals surface area contributed by atoms with Crippen molar-refractivity contribution in [2.75, 3.05) is 38.8 Å². The Kier molecular flexibility index (Phi) is 13.6. The normalized spacial score (nSPS) is 12.4. The minimum atomic E-state index is -5.13. The topological polar surface area (TPSA) is 138 Å². The third kappa shape index (κ3) is 11.0. The molecule has 3 heterocycles. The summed E-state index contributed by atoms with van der Waals surface area (Å²) in [6.45, 7) is 8.44. The molecule has 3 aromatic heterocycles. The summed E-state index contributed by atoms with van der Waals surface area (Å²) >= 11 is 1.28. The van der Waals surface area contributed by atoms with Gasteiger partial charge < -0.3 is 33.9 Å². The first-order chi connectivity index (χ1) is 25.0. The number of amides is 1. The predicted molar refractivity (Wildman–Crippen MR) is 188 cm³/mol. The minimum absolute atomic E-state index is 0.228. The van der Waals surface area contributed by atoms with Crippen LogP contribution in [0.4, 0.5) is 28.0 Å². The molecular weight excluding hydrogens is 724 g/mol. The van der Waals surface area contributed by atoms with Crippen LogP contribution < -0.4 is 10.1 Å². The number of nitrogens with zero attached hydrogens (tertiary/aromatic N) is 3. The Morgan fingerprint density at radius 3 is 2.21 bits per heavy atom. The lowest BCUT2D eigenvalue weighted by Crippen LogP contribution is -2.50. The van der Waals surface area contributed by atoms with Crippen molar-refractivity contribution in [3.05, 3.63) is 66.2 Å². The molecule has 4 aromatic rings. The number of carbonyl (C=O) groups excluding carboxylic acids is 3. The molecule has 0 radical (unpaired) electrons. The highest BCUT2D eigenvalue weighted by atomic mass is 32.1. The van der Waals surface area contributed by atoms with Gasteiger partial charge in [-0.3, -0.25) is 19.6 Å². The summed E-state index contributed by atoms with van der Waals surface area (Å²) in [6, 6.07) is 7.12. The maximum Gasteiger partial charge on any atom is 0.410 e. The number of rotatable bonds is 15. The zero-order chi connectivity index (χ0) is 38.9. The fraction of sp³-hybridized carbons (Fsp3) is 0.417. The standard InChI is InChI=1S/C36H40F4N4O8S/c1-7-49-32(45)29(33(46)50-8-2)31(36(38,39)40)43-22-10-12-26(23(37)17-22)51-27-13-14-41-25-18-28(53-30(25)27)24-11-9-21(19-42-24)20-44(15-16-48-6)34(47)52-35(3,4)5/h9-14,17-19,29,31,43H,7-8,15-16,20H2,1-6H3. The number of aromatic nitrogens is 2. The van der Waals surface area contributed by atoms with E-state index in [2.05, 4.69) is 9.97 Å². The van der Waals surface area contributed by atoms with Crippen LogP contribution in [0.25, 0.3) is 20.8 Å². The number of halogens is 4. The Bertz CT molecular complexity index is 1860. The summed E-state index contributed by atoms with van der Waals surface area (Å²) in [4.78, 5) is 48.8. The Labute approximate surface area is 307 Å². The van der Waals surface area contributed by atoms with Gasteiger partial charge in [-0.1, -0.05) is 6.07 Å². The molecule has 0 spiro atoms. The summed E-state index contributed by atoms with van der Waals surface area (Å²) in [5, 5.41) is 2.05. The van der Waals surface area contributed by atoms with Gasteiger partial charge in [-0.05, 0) is 64.4 Å². The van der Waals surface area contributed by atoms with Crippen LogP contribution in [-0.4, -0.2) is 84.2 Å². The van der Waals surface area contributed by atoms with Gasteiger partial charge in [0.1, 0.15) is 17.4 Å². The van der Waals surface area contributed by atoms with Crippen LogP contribution in [0.2, 0.25) is 0 Å². The molecule has 0 saturated carbocycles. The van der Waals surface area contributed by atoms with Crippen LogP contribution in [0.5, 0.6) is 11.5 Å². The monoisotopic (exact) mass is 764 g/mol. The Balaban J connectivity index is 1.54. The number of methoxy groups -OCH3 is 1. The van der Waals surface area contributed by atoms with E-state index in [4.69, 9.17) is 23.7 Å². The molecule has 1 amide bonds. The highest BCUT2D eigenvalue weighted by Gasteiger charge is 2.52. The van der Waals surface area contributed by atoms with Crippen molar-refractivity contribution in [1.82, 2.24) is 14.9 Å². The first-order valence-electron chi connectivity index (χ1n) is 16.5. The van der Waals surface area contributed by atoms with Gasteiger partial charge in [-0.15, -0.1) is 11.3 Å². The number of thiophene rings is 1. The van der Waals surface area contributed by atoms with Crippen molar-refractivity contribution in [3.8, 4) is 22.1 Å². The van der Waals surface area contributed by atoms with Gasteiger partial charge in [0.25, 0.3) is 0 Å². The van der Waals surface area contributed by atoms with Crippen LogP contribution >= 0.6 is 11.3 Å². The highest BCUT2D eigenvalue weighted by Crippen LogP contribution is 2.40. The number of esters is 2. The van der Waals surface area contributed by atoms with E-state index in [9.17, 15) is 27.6 Å². The molecule has 53 heavy (non-hydrogen) atoms. The van der Waals surface area contributed by atoms with Crippen LogP contribution in [0.3, 0.4) is 0 Å². The Morgan fingerprint density at radius 1 is 0.943 bits per heavy atom. The van der Waals surface area contributed by atoms with E-state index in [1.807, 2.05) is 11.4 Å². The number of anilines is 1. The third-order valence-corrected chi connectivity index (χ3v) is 8.45. The molecule has 1 aromatic carbocycles. The molecule has 1 unspecified atom stereocenters. The summed E-state index contributed by atoms with van der Waals surface area (Å²) in [6.07, 6.45) is -2.51. The van der Waals surface area contributed by atoms with Crippen LogP contribution in [0.1, 0.15) is 40.2 Å². The second-order valence-corrected chi connectivity index (χ2v) is 13.5. The number of benzene rings is 1. The van der Waals surface area contributed by atoms with Crippen molar-refractivity contribution in [3.63, 3.8) is 0 Å². The molecule has 0 bridgehead atoms. The Morgan fingerprint density at radius 2 is 1.64 bits per heavy atom. The van der Waals surface area contributed by atoms with Gasteiger partial charge in [-0.2, -0.15) is 13.2 Å². The first kappa shape index (κ1) is 40.7. The van der Waals surface area contributed by atoms with Crippen LogP contribution in [0.15, 0.2) is 54.9 Å². The van der Waals surface area contributed by atoms with Crippen molar-refractivity contribution in [1.29, 1.82) is 0 Å². The van der Waals surface area contributed by atoms with Crippen LogP contribution in [0, 0.1) is 11.7 Å². The molecule has 0 aliphatic carbocycles. The summed E-state index contributed by atoms with van der Waals surface area (Å²) in [7, 11) is 1.54. The number of nitrogens with one attached hydrogen (secondary N) is 1. The number of hydrogen-bond donors (Lipinski definition) is 1. The lowest BCUT2D eigenvalue weighted by atomic mass is 9.98. The van der Waals surface area contributed by atoms with E-state index in [1.165, 1.54) is 42.3 Å². The lowest BCUT2D eigenvalue weighted by Gasteiger charge is -2.28. The zero-order valence-electron chi connectivity index (χ0n) is 29.9. The number of ether oxygens (including phenoxy) is 5. The fourth-order valence-electron chi connectivity index (χ4n) is 4.93. The van der Waals surface area contributed by atoms with E-state index in [0.29, 0.717) is 29.1 Å². The maximum atomic E-state index is 15.3. The van der Waals surface area contributed by atoms with E-state index >= 15 is 4.39 Å². The number of alkyl halides is 3. The van der Waals surface area contributed by atoms with Crippen molar-refractivity contribution >= 4 is 45.3 Å². The largest absolute Gasteiger partial charge is 0.465 e. The SMILES string of the molecule is CCOC(=O)C(C(=O)OCC)C(Nc1ccc(Oc2ccnc3cc(-c4ccc(CN(CCOC)C(=O)OC(C)(C)C)cn4)sc23)c(F)c1)C(F)(F)F. The second kappa shape index (κ2) is 17.7. The average Bonchev–Trinajstić information content (AvgIpc) is 3.52. The molecule has 0 fully saturated rings. The van der Waals surface area contributed by atoms with Crippen LogP contribution in [-0.2, 0) is 35.1 Å².